The molecular weight excluding hydrogens is 268 g/mol. The van der Waals surface area contributed by atoms with Gasteiger partial charge in [-0.05, 0) is 13.0 Å². The van der Waals surface area contributed by atoms with Gasteiger partial charge in [-0.3, -0.25) is 9.89 Å². The number of nitrogens with zero attached hydrogens (tertiary/aromatic N) is 4. The Bertz CT molecular complexity index is 611. The molecule has 0 radical (unpaired) electrons. The van der Waals surface area contributed by atoms with Crippen LogP contribution in [0.5, 0.6) is 0 Å². The summed E-state index contributed by atoms with van der Waals surface area (Å²) in [6.45, 7) is 2.06. The lowest BCUT2D eigenvalue weighted by Gasteiger charge is -2.15. The number of nitrogen functional groups attached to an aromatic ring is 1. The van der Waals surface area contributed by atoms with Crippen LogP contribution < -0.4 is 5.73 Å². The van der Waals surface area contributed by atoms with E-state index in [-0.39, 0.29) is 23.2 Å². The van der Waals surface area contributed by atoms with Gasteiger partial charge in [-0.15, -0.1) is 0 Å². The van der Waals surface area contributed by atoms with Gasteiger partial charge >= 0.3 is 0 Å². The third-order valence-corrected chi connectivity index (χ3v) is 2.76. The highest BCUT2D eigenvalue weighted by molar-refractivity contribution is 6.32. The van der Waals surface area contributed by atoms with Crippen molar-refractivity contribution in [2.24, 2.45) is 0 Å². The SMILES string of the molecule is Cc1nc(CN(C)C(=O)c2cc(N)cnc2Cl)n[nH]1. The summed E-state index contributed by atoms with van der Waals surface area (Å²) in [5.74, 6) is 0.938. The second-order valence-corrected chi connectivity index (χ2v) is 4.46. The maximum absolute atomic E-state index is 12.2. The normalized spacial score (nSPS) is 10.5. The fraction of sp³-hybridized carbons (Fsp3) is 0.273. The quantitative estimate of drug-likeness (QED) is 0.817. The molecule has 0 aliphatic heterocycles. The summed E-state index contributed by atoms with van der Waals surface area (Å²) in [5.41, 5.74) is 6.24. The first-order valence-electron chi connectivity index (χ1n) is 5.51. The first kappa shape index (κ1) is 13.3. The zero-order valence-corrected chi connectivity index (χ0v) is 11.3. The second kappa shape index (κ2) is 5.23. The van der Waals surface area contributed by atoms with Gasteiger partial charge in [0.1, 0.15) is 11.0 Å². The van der Waals surface area contributed by atoms with Crippen molar-refractivity contribution >= 4 is 23.2 Å². The molecule has 0 bridgehead atoms. The van der Waals surface area contributed by atoms with Crippen molar-refractivity contribution < 1.29 is 4.79 Å². The predicted octanol–water partition coefficient (Wildman–Crippen LogP) is 1.02. The smallest absolute Gasteiger partial charge is 0.257 e. The highest BCUT2D eigenvalue weighted by Crippen LogP contribution is 2.17. The molecule has 0 fully saturated rings. The van der Waals surface area contributed by atoms with E-state index in [0.29, 0.717) is 17.3 Å². The fourth-order valence-corrected chi connectivity index (χ4v) is 1.75. The number of anilines is 1. The molecule has 0 spiro atoms. The zero-order chi connectivity index (χ0) is 14.0. The van der Waals surface area contributed by atoms with Crippen molar-refractivity contribution in [3.05, 3.63) is 34.6 Å². The van der Waals surface area contributed by atoms with E-state index in [1.54, 1.807) is 14.0 Å². The van der Waals surface area contributed by atoms with Crippen LogP contribution in [-0.2, 0) is 6.54 Å². The van der Waals surface area contributed by atoms with Gasteiger partial charge in [-0.25, -0.2) is 9.97 Å². The standard InChI is InChI=1S/C11H13ClN6O/c1-6-15-9(17-16-6)5-18(2)11(19)8-3-7(13)4-14-10(8)12/h3-4H,5,13H2,1-2H3,(H,15,16,17). The van der Waals surface area contributed by atoms with Gasteiger partial charge in [-0.2, -0.15) is 5.10 Å². The summed E-state index contributed by atoms with van der Waals surface area (Å²) >= 11 is 5.89. The van der Waals surface area contributed by atoms with Gasteiger partial charge in [-0.1, -0.05) is 11.6 Å². The van der Waals surface area contributed by atoms with Crippen molar-refractivity contribution in [1.29, 1.82) is 0 Å². The maximum atomic E-state index is 12.2. The highest BCUT2D eigenvalue weighted by atomic mass is 35.5. The van der Waals surface area contributed by atoms with Gasteiger partial charge in [0.05, 0.1) is 24.0 Å². The summed E-state index contributed by atoms with van der Waals surface area (Å²) in [4.78, 5) is 21.6. The zero-order valence-electron chi connectivity index (χ0n) is 10.5. The van der Waals surface area contributed by atoms with Crippen LogP contribution in [0.2, 0.25) is 5.15 Å². The number of aromatic nitrogens is 4. The number of rotatable bonds is 3. The van der Waals surface area contributed by atoms with Crippen LogP contribution in [0.1, 0.15) is 22.0 Å². The van der Waals surface area contributed by atoms with E-state index in [9.17, 15) is 4.79 Å². The molecule has 2 aromatic heterocycles. The van der Waals surface area contributed by atoms with Gasteiger partial charge < -0.3 is 10.6 Å². The summed E-state index contributed by atoms with van der Waals surface area (Å²) in [7, 11) is 1.63. The molecule has 2 rings (SSSR count). The minimum Gasteiger partial charge on any atom is -0.397 e. The molecule has 8 heteroatoms. The third kappa shape index (κ3) is 3.00. The topological polar surface area (TPSA) is 101 Å². The Morgan fingerprint density at radius 3 is 2.95 bits per heavy atom. The molecule has 19 heavy (non-hydrogen) atoms. The number of nitrogens with two attached hydrogens (primary N) is 1. The predicted molar refractivity (Wildman–Crippen MR) is 70.6 cm³/mol. The number of aromatic amines is 1. The van der Waals surface area contributed by atoms with Gasteiger partial charge in [0.2, 0.25) is 0 Å². The molecule has 0 aromatic carbocycles. The number of H-pyrrole nitrogens is 1. The molecule has 2 aromatic rings. The first-order valence-corrected chi connectivity index (χ1v) is 5.89. The number of pyridine rings is 1. The summed E-state index contributed by atoms with van der Waals surface area (Å²) in [6, 6.07) is 1.50. The van der Waals surface area contributed by atoms with Crippen molar-refractivity contribution in [2.45, 2.75) is 13.5 Å². The number of carbonyl (C=O) groups excluding carboxylic acids is 1. The monoisotopic (exact) mass is 280 g/mol. The number of amides is 1. The number of hydrogen-bond acceptors (Lipinski definition) is 5. The van der Waals surface area contributed by atoms with Gasteiger partial charge in [0, 0.05) is 7.05 Å². The van der Waals surface area contributed by atoms with Crippen LogP contribution in [-0.4, -0.2) is 38.0 Å². The van der Waals surface area contributed by atoms with Crippen molar-refractivity contribution in [1.82, 2.24) is 25.1 Å². The maximum Gasteiger partial charge on any atom is 0.257 e. The highest BCUT2D eigenvalue weighted by Gasteiger charge is 2.18. The van der Waals surface area contributed by atoms with Crippen LogP contribution in [0.4, 0.5) is 5.69 Å². The molecule has 100 valence electrons. The summed E-state index contributed by atoms with van der Waals surface area (Å²) in [6.07, 6.45) is 1.40. The van der Waals surface area contributed by atoms with Crippen LogP contribution in [0.15, 0.2) is 12.3 Å². The van der Waals surface area contributed by atoms with E-state index in [2.05, 4.69) is 20.2 Å². The minimum atomic E-state index is -0.285. The number of aryl methyl sites for hydroxylation is 1. The lowest BCUT2D eigenvalue weighted by Crippen LogP contribution is -2.27. The molecule has 3 N–H and O–H groups in total. The molecule has 0 aliphatic carbocycles. The summed E-state index contributed by atoms with van der Waals surface area (Å²) in [5, 5.41) is 6.81. The van der Waals surface area contributed by atoms with Crippen LogP contribution in [0, 0.1) is 6.92 Å². The van der Waals surface area contributed by atoms with E-state index in [0.717, 1.165) is 0 Å². The molecule has 0 saturated carbocycles. The largest absolute Gasteiger partial charge is 0.397 e. The molecule has 2 heterocycles. The van der Waals surface area contributed by atoms with Gasteiger partial charge in [0.25, 0.3) is 5.91 Å². The third-order valence-electron chi connectivity index (χ3n) is 2.46. The fourth-order valence-electron chi connectivity index (χ4n) is 1.56. The number of hydrogen-bond donors (Lipinski definition) is 2. The van der Waals surface area contributed by atoms with Crippen molar-refractivity contribution in [3.63, 3.8) is 0 Å². The molecule has 0 atom stereocenters. The summed E-state index contributed by atoms with van der Waals surface area (Å²) < 4.78 is 0. The Labute approximate surface area is 114 Å². The van der Waals surface area contributed by atoms with Crippen LogP contribution in [0.3, 0.4) is 0 Å². The van der Waals surface area contributed by atoms with Gasteiger partial charge in [0.15, 0.2) is 5.82 Å². The Balaban J connectivity index is 2.16. The molecule has 0 saturated heterocycles. The van der Waals surface area contributed by atoms with E-state index in [1.165, 1.54) is 17.2 Å². The van der Waals surface area contributed by atoms with E-state index < -0.39 is 0 Å². The molecule has 0 aliphatic rings. The molecule has 7 nitrogen and oxygen atoms in total. The van der Waals surface area contributed by atoms with Crippen molar-refractivity contribution in [3.8, 4) is 0 Å². The Hall–Kier alpha value is -2.15. The molecule has 1 amide bonds. The molecule has 0 unspecified atom stereocenters. The number of carbonyl (C=O) groups is 1. The van der Waals surface area contributed by atoms with E-state index in [4.69, 9.17) is 17.3 Å². The second-order valence-electron chi connectivity index (χ2n) is 4.11. The van der Waals surface area contributed by atoms with E-state index >= 15 is 0 Å². The lowest BCUT2D eigenvalue weighted by atomic mass is 10.2. The Morgan fingerprint density at radius 1 is 1.58 bits per heavy atom. The van der Waals surface area contributed by atoms with Crippen LogP contribution in [0.25, 0.3) is 0 Å². The number of nitrogens with one attached hydrogen (secondary N) is 1. The van der Waals surface area contributed by atoms with E-state index in [1.807, 2.05) is 0 Å². The minimum absolute atomic E-state index is 0.122. The first-order chi connectivity index (χ1) is 8.97. The Kier molecular flexibility index (Phi) is 3.66. The average molecular weight is 281 g/mol. The van der Waals surface area contributed by atoms with Crippen molar-refractivity contribution in [2.75, 3.05) is 12.8 Å². The average Bonchev–Trinajstić information content (AvgIpc) is 2.77. The Morgan fingerprint density at radius 2 is 2.32 bits per heavy atom. The lowest BCUT2D eigenvalue weighted by molar-refractivity contribution is 0.0781. The molecular formula is C11H13ClN6O. The number of halogens is 1. The van der Waals surface area contributed by atoms with Crippen LogP contribution >= 0.6 is 11.6 Å².